The highest BCUT2D eigenvalue weighted by Gasteiger charge is 2.29. The fourth-order valence-corrected chi connectivity index (χ4v) is 10.6. The van der Waals surface area contributed by atoms with Crippen molar-refractivity contribution in [2.45, 2.75) is 130 Å². The average molecular weight is 1030 g/mol. The van der Waals surface area contributed by atoms with Crippen LogP contribution in [0, 0.1) is 36.1 Å². The van der Waals surface area contributed by atoms with Crippen LogP contribution < -0.4 is 42.5 Å². The second-order valence-electron chi connectivity index (χ2n) is 20.5. The van der Waals surface area contributed by atoms with Gasteiger partial charge in [0.15, 0.2) is 0 Å². The molecule has 64 heavy (non-hydrogen) atoms. The fraction of sp³-hybridized carbons (Fsp3) is 0.667. The molecule has 360 valence electrons. The lowest BCUT2D eigenvalue weighted by atomic mass is 9.83. The lowest BCUT2D eigenvalue weighted by Crippen LogP contribution is -2.28. The summed E-state index contributed by atoms with van der Waals surface area (Å²) in [5.41, 5.74) is 20.7. The molecule has 0 heterocycles. The summed E-state index contributed by atoms with van der Waals surface area (Å²) < 4.78 is 6.86. The van der Waals surface area contributed by atoms with E-state index in [1.165, 1.54) is 27.9 Å². The first-order valence-corrected chi connectivity index (χ1v) is 25.6. The van der Waals surface area contributed by atoms with Gasteiger partial charge >= 0.3 is 0 Å². The third kappa shape index (κ3) is 16.5. The quantitative estimate of drug-likeness (QED) is 0.0420. The maximum atomic E-state index is 5.52. The van der Waals surface area contributed by atoms with Gasteiger partial charge in [-0.1, -0.05) is 181 Å². The number of nitrogens with two attached hydrogens (primary N) is 2. The smallest absolute Gasteiger partial charge is 0.0798 e. The molecule has 4 aromatic rings. The van der Waals surface area contributed by atoms with Gasteiger partial charge < -0.3 is 42.5 Å². The topological polar surface area (TPSA) is 107 Å². The highest BCUT2D eigenvalue weighted by atomic mass is 32.1. The lowest BCUT2D eigenvalue weighted by Gasteiger charge is -2.32. The van der Waals surface area contributed by atoms with E-state index in [4.69, 9.17) is 109 Å². The summed E-state index contributed by atoms with van der Waals surface area (Å²) in [5, 5.41) is 13.0. The van der Waals surface area contributed by atoms with Gasteiger partial charge in [-0.15, -0.1) is 0 Å². The summed E-state index contributed by atoms with van der Waals surface area (Å²) in [5.74, 6) is 0. The van der Waals surface area contributed by atoms with Crippen molar-refractivity contribution < 1.29 is 0 Å². The van der Waals surface area contributed by atoms with Crippen LogP contribution in [0.4, 0.5) is 22.7 Å². The molecule has 8 N–H and O–H groups in total. The molecule has 0 aliphatic heterocycles. The van der Waals surface area contributed by atoms with Crippen LogP contribution in [-0.4, -0.2) is 80.5 Å². The van der Waals surface area contributed by atoms with E-state index in [1.54, 1.807) is 0 Å². The monoisotopic (exact) mass is 1020 g/mol. The third-order valence-electron chi connectivity index (χ3n) is 10.6. The Hall–Kier alpha value is -1.28. The molecule has 0 radical (unpaired) electrons. The number of rotatable bonds is 18. The molecule has 4 aromatic carbocycles. The minimum Gasteiger partial charge on any atom is -0.384 e. The van der Waals surface area contributed by atoms with Crippen LogP contribution in [0.5, 0.6) is 0 Å². The van der Waals surface area contributed by atoms with Crippen LogP contribution in [-0.2, 0) is 21.7 Å². The molecule has 4 rings (SSSR count). The molecule has 0 saturated carbocycles. The first-order valence-electron chi connectivity index (χ1n) is 22.3. The van der Waals surface area contributed by atoms with E-state index in [2.05, 4.69) is 128 Å². The van der Waals surface area contributed by atoms with Gasteiger partial charge in [0.1, 0.15) is 0 Å². The molecule has 0 aromatic heterocycles. The van der Waals surface area contributed by atoms with Crippen molar-refractivity contribution in [3.63, 3.8) is 0 Å². The molecule has 0 saturated heterocycles. The Labute approximate surface area is 428 Å². The standard InChI is InChI=1S/C13H22N2S2.2C12H20N2S2.C11H18N2S2/c1-13(2,3)9-10(12(17)11(9)16)15(5)8-6-7-14-4;1-12(2,3)8-9(11(16)10(8)15)14(4)7-5-6-13;1-12(2,3)8-9(11(16)10(8)15)14-7-5-6-13-4;1-11(2,3)7-8(10(15)9(7)14)13-6-4-5-12/h14H,6-8H2,1-5H3;5-7,13H2,1-4H3;13-14H,5-7H2,1-4H3;13H,4-6,12H2,1-3H3. The molecule has 0 aliphatic rings. The van der Waals surface area contributed by atoms with E-state index in [9.17, 15) is 0 Å². The SMILES string of the molecule is CC(C)(C)c1c(NCCCN)c(=S)c1=S.CN(CCCN)c1c(C(C)(C)C)c(=S)c1=S.CNCCCN(C)c1c(C(C)(C)C)c(=S)c1=S.CNCCCNc1c(C(C)(C)C)c(=S)c1=S. The number of hydrogen-bond donors (Lipinski definition) is 6. The van der Waals surface area contributed by atoms with E-state index in [0.717, 1.165) is 118 Å². The predicted molar refractivity (Wildman–Crippen MR) is 305 cm³/mol. The van der Waals surface area contributed by atoms with Crippen molar-refractivity contribution in [3.8, 4) is 0 Å². The van der Waals surface area contributed by atoms with Gasteiger partial charge in [-0.05, 0) is 87.6 Å². The summed E-state index contributed by atoms with van der Waals surface area (Å²) in [6, 6.07) is 0. The van der Waals surface area contributed by atoms with Crippen molar-refractivity contribution in [3.05, 3.63) is 58.3 Å². The third-order valence-corrected chi connectivity index (χ3v) is 14.3. The lowest BCUT2D eigenvalue weighted by molar-refractivity contribution is 0.579. The molecule has 16 heteroatoms. The van der Waals surface area contributed by atoms with Gasteiger partial charge in [-0.25, -0.2) is 0 Å². The van der Waals surface area contributed by atoms with Crippen molar-refractivity contribution in [2.24, 2.45) is 11.5 Å². The van der Waals surface area contributed by atoms with Crippen LogP contribution in [0.15, 0.2) is 0 Å². The maximum absolute atomic E-state index is 5.52. The molecule has 0 bridgehead atoms. The zero-order valence-corrected chi connectivity index (χ0v) is 48.3. The van der Waals surface area contributed by atoms with E-state index >= 15 is 0 Å². The minimum atomic E-state index is 0.0739. The van der Waals surface area contributed by atoms with Crippen LogP contribution in [0.2, 0.25) is 0 Å². The molecule has 8 nitrogen and oxygen atoms in total. The van der Waals surface area contributed by atoms with Crippen LogP contribution in [0.25, 0.3) is 0 Å². The first-order chi connectivity index (χ1) is 29.4. The molecular weight excluding hydrogens is 945 g/mol. The van der Waals surface area contributed by atoms with Crippen molar-refractivity contribution in [1.82, 2.24) is 10.6 Å². The molecule has 0 aliphatic carbocycles. The largest absolute Gasteiger partial charge is 0.384 e. The van der Waals surface area contributed by atoms with E-state index in [1.807, 2.05) is 14.1 Å². The predicted octanol–water partition coefficient (Wildman–Crippen LogP) is 12.9. The molecule has 0 spiro atoms. The van der Waals surface area contributed by atoms with Crippen molar-refractivity contribution >= 4 is 120 Å². The Morgan fingerprint density at radius 1 is 0.391 bits per heavy atom. The fourth-order valence-electron chi connectivity index (χ4n) is 7.27. The maximum Gasteiger partial charge on any atom is 0.0798 e. The van der Waals surface area contributed by atoms with Crippen LogP contribution in [0.3, 0.4) is 0 Å². The molecule has 0 fully saturated rings. The number of anilines is 4. The van der Waals surface area contributed by atoms with Gasteiger partial charge in [0.05, 0.1) is 58.8 Å². The van der Waals surface area contributed by atoms with E-state index < -0.39 is 0 Å². The highest BCUT2D eigenvalue weighted by molar-refractivity contribution is 7.75. The number of nitrogens with zero attached hydrogens (tertiary/aromatic N) is 2. The normalized spacial score (nSPS) is 12.0. The Morgan fingerprint density at radius 2 is 0.688 bits per heavy atom. The Balaban J connectivity index is 0.000000427. The van der Waals surface area contributed by atoms with E-state index in [-0.39, 0.29) is 21.7 Å². The molecule has 0 unspecified atom stereocenters. The second-order valence-corrected chi connectivity index (χ2v) is 23.7. The summed E-state index contributed by atoms with van der Waals surface area (Å²) in [6.45, 7) is 33.3. The summed E-state index contributed by atoms with van der Waals surface area (Å²) in [6.07, 6.45) is 4.14. The molecular formula is C48H80N8S8. The minimum absolute atomic E-state index is 0.0739. The van der Waals surface area contributed by atoms with Crippen LogP contribution in [0.1, 0.15) is 131 Å². The summed E-state index contributed by atoms with van der Waals surface area (Å²) >= 11 is 42.5. The Morgan fingerprint density at radius 3 is 1.00 bits per heavy atom. The average Bonchev–Trinajstić information content (AvgIpc) is 3.19. The number of nitrogens with one attached hydrogen (secondary N) is 4. The van der Waals surface area contributed by atoms with E-state index in [0.29, 0.717) is 13.1 Å². The van der Waals surface area contributed by atoms with Gasteiger partial charge in [0.2, 0.25) is 0 Å². The first kappa shape index (κ1) is 60.7. The van der Waals surface area contributed by atoms with Gasteiger partial charge in [-0.2, -0.15) is 0 Å². The summed E-state index contributed by atoms with van der Waals surface area (Å²) in [4.78, 5) is 4.43. The zero-order chi connectivity index (χ0) is 49.7. The second kappa shape index (κ2) is 26.5. The molecule has 0 amide bonds. The number of hydrogen-bond acceptors (Lipinski definition) is 16. The van der Waals surface area contributed by atoms with Crippen molar-refractivity contribution in [1.29, 1.82) is 0 Å². The van der Waals surface area contributed by atoms with Crippen LogP contribution >= 0.6 is 97.7 Å². The highest BCUT2D eigenvalue weighted by Crippen LogP contribution is 2.41. The molecule has 0 atom stereocenters. The Kier molecular flexibility index (Phi) is 25.1. The van der Waals surface area contributed by atoms with Crippen molar-refractivity contribution in [2.75, 3.05) is 101 Å². The zero-order valence-electron chi connectivity index (χ0n) is 41.8. The van der Waals surface area contributed by atoms with Gasteiger partial charge in [-0.3, -0.25) is 0 Å². The Bertz CT molecular complexity index is 2390. The summed E-state index contributed by atoms with van der Waals surface area (Å²) in [7, 11) is 8.10. The van der Waals surface area contributed by atoms with Gasteiger partial charge in [0, 0.05) is 62.5 Å². The van der Waals surface area contributed by atoms with Gasteiger partial charge in [0.25, 0.3) is 0 Å².